The fourth-order valence-electron chi connectivity index (χ4n) is 4.25. The Balaban J connectivity index is 1.80. The van der Waals surface area contributed by atoms with Crippen LogP contribution in [0.2, 0.25) is 0 Å². The van der Waals surface area contributed by atoms with Crippen molar-refractivity contribution in [2.45, 2.75) is 70.8 Å². The van der Waals surface area contributed by atoms with Gasteiger partial charge in [0.05, 0.1) is 12.1 Å². The minimum absolute atomic E-state index is 0.234. The van der Waals surface area contributed by atoms with Crippen LogP contribution in [0.4, 0.5) is 5.82 Å². The summed E-state index contributed by atoms with van der Waals surface area (Å²) in [4.78, 5) is 13.5. The van der Waals surface area contributed by atoms with Gasteiger partial charge in [0.25, 0.3) is 0 Å². The van der Waals surface area contributed by atoms with E-state index in [4.69, 9.17) is 0 Å². The minimum atomic E-state index is 0.234. The number of hydrogen-bond acceptors (Lipinski definition) is 5. The van der Waals surface area contributed by atoms with Crippen LogP contribution in [0.5, 0.6) is 0 Å². The van der Waals surface area contributed by atoms with Gasteiger partial charge in [0.15, 0.2) is 0 Å². The van der Waals surface area contributed by atoms with Gasteiger partial charge < -0.3 is 4.90 Å². The molecule has 1 saturated heterocycles. The number of rotatable bonds is 4. The fourth-order valence-corrected chi connectivity index (χ4v) is 4.25. The predicted molar refractivity (Wildman–Crippen MR) is 108 cm³/mol. The normalized spacial score (nSPS) is 18.8. The average molecular weight is 366 g/mol. The minimum Gasteiger partial charge on any atom is -0.353 e. The van der Waals surface area contributed by atoms with Crippen molar-refractivity contribution in [3.05, 3.63) is 17.6 Å². The number of likely N-dealkylation sites (tertiary alicyclic amines) is 1. The zero-order chi connectivity index (χ0) is 18.9. The molecule has 0 spiro atoms. The SMILES string of the molecule is CCN(c1nc(C#N)ncc1C#CCN1CCCCCC1)C1CCCCC1. The van der Waals surface area contributed by atoms with E-state index in [9.17, 15) is 5.26 Å². The lowest BCUT2D eigenvalue weighted by atomic mass is 9.94. The lowest BCUT2D eigenvalue weighted by molar-refractivity contribution is 0.320. The molecule has 0 radical (unpaired) electrons. The number of aromatic nitrogens is 2. The first-order chi connectivity index (χ1) is 13.3. The number of hydrogen-bond donors (Lipinski definition) is 0. The van der Waals surface area contributed by atoms with Crippen molar-refractivity contribution in [2.24, 2.45) is 0 Å². The van der Waals surface area contributed by atoms with Crippen LogP contribution in [-0.2, 0) is 0 Å². The zero-order valence-electron chi connectivity index (χ0n) is 16.6. The predicted octanol–water partition coefficient (Wildman–Crippen LogP) is 3.73. The van der Waals surface area contributed by atoms with Crippen molar-refractivity contribution in [3.8, 4) is 17.9 Å². The zero-order valence-corrected chi connectivity index (χ0v) is 16.6. The molecule has 1 saturated carbocycles. The summed E-state index contributed by atoms with van der Waals surface area (Å²) in [5, 5.41) is 9.25. The maximum atomic E-state index is 9.25. The summed E-state index contributed by atoms with van der Waals surface area (Å²) in [5.41, 5.74) is 0.858. The van der Waals surface area contributed by atoms with E-state index in [2.05, 4.69) is 44.6 Å². The molecule has 1 aromatic rings. The van der Waals surface area contributed by atoms with Gasteiger partial charge in [0.2, 0.25) is 5.82 Å². The van der Waals surface area contributed by atoms with Crippen molar-refractivity contribution >= 4 is 5.82 Å². The van der Waals surface area contributed by atoms with Gasteiger partial charge in [0, 0.05) is 18.8 Å². The van der Waals surface area contributed by atoms with Crippen LogP contribution in [0, 0.1) is 23.2 Å². The molecule has 1 aromatic heterocycles. The largest absolute Gasteiger partial charge is 0.353 e. The van der Waals surface area contributed by atoms with Crippen molar-refractivity contribution < 1.29 is 0 Å². The molecule has 3 rings (SSSR count). The lowest BCUT2D eigenvalue weighted by Gasteiger charge is -2.35. The molecule has 0 N–H and O–H groups in total. The Morgan fingerprint density at radius 3 is 2.48 bits per heavy atom. The molecule has 0 amide bonds. The van der Waals surface area contributed by atoms with Crippen LogP contribution in [0.3, 0.4) is 0 Å². The molecule has 2 aliphatic rings. The van der Waals surface area contributed by atoms with Crippen LogP contribution in [0.25, 0.3) is 0 Å². The second-order valence-electron chi connectivity index (χ2n) is 7.61. The first kappa shape index (κ1) is 19.6. The molecule has 5 heteroatoms. The van der Waals surface area contributed by atoms with Gasteiger partial charge in [-0.2, -0.15) is 5.26 Å². The van der Waals surface area contributed by atoms with Gasteiger partial charge in [-0.3, -0.25) is 4.90 Å². The Morgan fingerprint density at radius 2 is 1.81 bits per heavy atom. The van der Waals surface area contributed by atoms with Gasteiger partial charge >= 0.3 is 0 Å². The third kappa shape index (κ3) is 5.44. The van der Waals surface area contributed by atoms with E-state index in [-0.39, 0.29) is 5.82 Å². The summed E-state index contributed by atoms with van der Waals surface area (Å²) in [7, 11) is 0. The summed E-state index contributed by atoms with van der Waals surface area (Å²) < 4.78 is 0. The highest BCUT2D eigenvalue weighted by Gasteiger charge is 2.23. The summed E-state index contributed by atoms with van der Waals surface area (Å²) in [6.45, 7) is 6.14. The highest BCUT2D eigenvalue weighted by Crippen LogP contribution is 2.27. The molecule has 0 unspecified atom stereocenters. The van der Waals surface area contributed by atoms with Crippen molar-refractivity contribution in [1.82, 2.24) is 14.9 Å². The highest BCUT2D eigenvalue weighted by molar-refractivity contribution is 5.56. The summed E-state index contributed by atoms with van der Waals surface area (Å²) in [6.07, 6.45) is 13.2. The molecule has 5 nitrogen and oxygen atoms in total. The summed E-state index contributed by atoms with van der Waals surface area (Å²) >= 11 is 0. The molecule has 1 aliphatic heterocycles. The summed E-state index contributed by atoms with van der Waals surface area (Å²) in [5.74, 6) is 7.74. The lowest BCUT2D eigenvalue weighted by Crippen LogP contribution is -2.38. The van der Waals surface area contributed by atoms with E-state index in [1.807, 2.05) is 0 Å². The molecular formula is C22H31N5. The Morgan fingerprint density at radius 1 is 1.11 bits per heavy atom. The quantitative estimate of drug-likeness (QED) is 0.761. The van der Waals surface area contributed by atoms with E-state index in [0.717, 1.165) is 37.6 Å². The Labute approximate surface area is 163 Å². The Bertz CT molecular complexity index is 698. The van der Waals surface area contributed by atoms with E-state index < -0.39 is 0 Å². The van der Waals surface area contributed by atoms with Gasteiger partial charge in [-0.1, -0.05) is 43.9 Å². The fraction of sp³-hybridized carbons (Fsp3) is 0.682. The van der Waals surface area contributed by atoms with Crippen molar-refractivity contribution in [3.63, 3.8) is 0 Å². The average Bonchev–Trinajstić information content (AvgIpc) is 2.99. The Hall–Kier alpha value is -2.11. The molecule has 0 bridgehead atoms. The van der Waals surface area contributed by atoms with E-state index in [1.54, 1.807) is 6.20 Å². The molecule has 0 aromatic carbocycles. The standard InChI is InChI=1S/C22H31N5/c1-2-27(20-12-6-5-7-13-20)22-19(18-24-21(17-23)25-22)11-10-16-26-14-8-3-4-9-15-26/h18,20H,2-9,12-16H2,1H3. The van der Waals surface area contributed by atoms with Crippen molar-refractivity contribution in [2.75, 3.05) is 31.1 Å². The second kappa shape index (κ2) is 10.3. The maximum absolute atomic E-state index is 9.25. The molecule has 144 valence electrons. The van der Waals surface area contributed by atoms with Gasteiger partial charge in [0.1, 0.15) is 11.9 Å². The van der Waals surface area contributed by atoms with Crippen molar-refractivity contribution in [1.29, 1.82) is 5.26 Å². The molecule has 2 fully saturated rings. The van der Waals surface area contributed by atoms with Crippen LogP contribution in [-0.4, -0.2) is 47.1 Å². The number of nitriles is 1. The van der Waals surface area contributed by atoms with E-state index in [0.29, 0.717) is 6.04 Å². The maximum Gasteiger partial charge on any atom is 0.234 e. The first-order valence-corrected chi connectivity index (χ1v) is 10.6. The second-order valence-corrected chi connectivity index (χ2v) is 7.61. The van der Waals surface area contributed by atoms with Crippen LogP contribution < -0.4 is 4.90 Å². The molecular weight excluding hydrogens is 334 g/mol. The van der Waals surface area contributed by atoms with Gasteiger partial charge in [-0.25, -0.2) is 9.97 Å². The van der Waals surface area contributed by atoms with Gasteiger partial charge in [-0.15, -0.1) is 0 Å². The van der Waals surface area contributed by atoms with Crippen LogP contribution >= 0.6 is 0 Å². The molecule has 2 heterocycles. The molecule has 1 aliphatic carbocycles. The van der Waals surface area contributed by atoms with Crippen LogP contribution in [0.15, 0.2) is 6.20 Å². The van der Waals surface area contributed by atoms with E-state index >= 15 is 0 Å². The first-order valence-electron chi connectivity index (χ1n) is 10.6. The highest BCUT2D eigenvalue weighted by atomic mass is 15.2. The summed E-state index contributed by atoms with van der Waals surface area (Å²) in [6, 6.07) is 2.58. The number of nitrogens with zero attached hydrogens (tertiary/aromatic N) is 5. The smallest absolute Gasteiger partial charge is 0.234 e. The third-order valence-electron chi connectivity index (χ3n) is 5.72. The number of anilines is 1. The molecule has 27 heavy (non-hydrogen) atoms. The van der Waals surface area contributed by atoms with E-state index in [1.165, 1.54) is 57.8 Å². The van der Waals surface area contributed by atoms with Crippen LogP contribution in [0.1, 0.15) is 76.1 Å². The Kier molecular flexibility index (Phi) is 7.48. The third-order valence-corrected chi connectivity index (χ3v) is 5.72. The topological polar surface area (TPSA) is 56.1 Å². The monoisotopic (exact) mass is 365 g/mol. The van der Waals surface area contributed by atoms with Gasteiger partial charge in [-0.05, 0) is 45.7 Å². The molecule has 0 atom stereocenters.